The first-order chi connectivity index (χ1) is 12.6. The van der Waals surface area contributed by atoms with E-state index in [2.05, 4.69) is 20.6 Å². The summed E-state index contributed by atoms with van der Waals surface area (Å²) in [5, 5.41) is 6.36. The van der Waals surface area contributed by atoms with Gasteiger partial charge in [-0.1, -0.05) is 29.5 Å². The summed E-state index contributed by atoms with van der Waals surface area (Å²) >= 11 is 1.21. The summed E-state index contributed by atoms with van der Waals surface area (Å²) in [6, 6.07) is 10.3. The lowest BCUT2D eigenvalue weighted by Crippen LogP contribution is -2.22. The molecule has 2 N–H and O–H groups in total. The number of aryl methyl sites for hydroxylation is 1. The molecule has 3 rings (SSSR count). The van der Waals surface area contributed by atoms with E-state index < -0.39 is 5.82 Å². The molecule has 0 aliphatic carbocycles. The molecule has 6 nitrogen and oxygen atoms in total. The molecule has 0 fully saturated rings. The summed E-state index contributed by atoms with van der Waals surface area (Å²) in [4.78, 5) is 21.2. The van der Waals surface area contributed by atoms with E-state index in [-0.39, 0.29) is 5.91 Å². The third kappa shape index (κ3) is 4.15. The van der Waals surface area contributed by atoms with Gasteiger partial charge < -0.3 is 15.4 Å². The van der Waals surface area contributed by atoms with Crippen molar-refractivity contribution in [2.24, 2.45) is 0 Å². The molecular formula is C18H17FN4O2S. The van der Waals surface area contributed by atoms with Gasteiger partial charge in [0, 0.05) is 12.1 Å². The lowest BCUT2D eigenvalue weighted by Gasteiger charge is -2.09. The SMILES string of the molecule is COc1ccccc1CNC(=O)c1sc(Nc2ccc(F)cn2)nc1C. The van der Waals surface area contributed by atoms with E-state index in [0.717, 1.165) is 17.5 Å². The lowest BCUT2D eigenvalue weighted by atomic mass is 10.2. The average molecular weight is 372 g/mol. The molecule has 134 valence electrons. The molecule has 1 amide bonds. The third-order valence-corrected chi connectivity index (χ3v) is 4.67. The zero-order valence-corrected chi connectivity index (χ0v) is 15.1. The third-order valence-electron chi connectivity index (χ3n) is 3.60. The number of benzene rings is 1. The number of nitrogens with one attached hydrogen (secondary N) is 2. The van der Waals surface area contributed by atoms with Crippen LogP contribution in [0.5, 0.6) is 5.75 Å². The first-order valence-corrected chi connectivity index (χ1v) is 8.64. The van der Waals surface area contributed by atoms with Crippen molar-refractivity contribution in [1.82, 2.24) is 15.3 Å². The Balaban J connectivity index is 1.68. The van der Waals surface area contributed by atoms with E-state index >= 15 is 0 Å². The molecule has 1 aromatic carbocycles. The largest absolute Gasteiger partial charge is 0.496 e. The molecule has 26 heavy (non-hydrogen) atoms. The number of thiazole rings is 1. The maximum absolute atomic E-state index is 12.9. The van der Waals surface area contributed by atoms with Crippen molar-refractivity contribution in [3.63, 3.8) is 0 Å². The summed E-state index contributed by atoms with van der Waals surface area (Å²) in [5.41, 5.74) is 1.50. The first-order valence-electron chi connectivity index (χ1n) is 7.83. The zero-order valence-electron chi connectivity index (χ0n) is 14.2. The molecule has 3 aromatic rings. The second-order valence-electron chi connectivity index (χ2n) is 5.41. The van der Waals surface area contributed by atoms with Gasteiger partial charge in [-0.2, -0.15) is 0 Å². The van der Waals surface area contributed by atoms with E-state index in [1.807, 2.05) is 24.3 Å². The van der Waals surface area contributed by atoms with Gasteiger partial charge in [-0.05, 0) is 25.1 Å². The molecule has 0 unspecified atom stereocenters. The van der Waals surface area contributed by atoms with Gasteiger partial charge in [-0.3, -0.25) is 4.79 Å². The van der Waals surface area contributed by atoms with Crippen LogP contribution in [0.1, 0.15) is 20.9 Å². The average Bonchev–Trinajstić information content (AvgIpc) is 3.02. The fourth-order valence-corrected chi connectivity index (χ4v) is 3.21. The quantitative estimate of drug-likeness (QED) is 0.690. The van der Waals surface area contributed by atoms with Crippen LogP contribution in [0.3, 0.4) is 0 Å². The minimum Gasteiger partial charge on any atom is -0.496 e. The van der Waals surface area contributed by atoms with Crippen molar-refractivity contribution in [3.8, 4) is 5.75 Å². The van der Waals surface area contributed by atoms with Crippen LogP contribution in [-0.4, -0.2) is 23.0 Å². The summed E-state index contributed by atoms with van der Waals surface area (Å²) in [6.45, 7) is 2.11. The molecule has 0 bridgehead atoms. The van der Waals surface area contributed by atoms with Crippen LogP contribution in [0, 0.1) is 12.7 Å². The second kappa shape index (κ2) is 7.92. The highest BCUT2D eigenvalue weighted by atomic mass is 32.1. The smallest absolute Gasteiger partial charge is 0.263 e. The van der Waals surface area contributed by atoms with Gasteiger partial charge in [0.25, 0.3) is 5.91 Å². The zero-order chi connectivity index (χ0) is 18.5. The Morgan fingerprint density at radius 2 is 2.08 bits per heavy atom. The number of carbonyl (C=O) groups excluding carboxylic acids is 1. The van der Waals surface area contributed by atoms with Crippen LogP contribution in [0.4, 0.5) is 15.3 Å². The minimum atomic E-state index is -0.415. The van der Waals surface area contributed by atoms with Crippen LogP contribution < -0.4 is 15.4 Å². The highest BCUT2D eigenvalue weighted by Gasteiger charge is 2.16. The van der Waals surface area contributed by atoms with Crippen LogP contribution in [0.25, 0.3) is 0 Å². The Labute approximate surface area is 154 Å². The molecule has 0 saturated carbocycles. The molecule has 0 spiro atoms. The fourth-order valence-electron chi connectivity index (χ4n) is 2.32. The van der Waals surface area contributed by atoms with Crippen LogP contribution in [0.2, 0.25) is 0 Å². The Morgan fingerprint density at radius 1 is 1.27 bits per heavy atom. The Morgan fingerprint density at radius 3 is 2.81 bits per heavy atom. The van der Waals surface area contributed by atoms with E-state index in [9.17, 15) is 9.18 Å². The number of methoxy groups -OCH3 is 1. The summed E-state index contributed by atoms with van der Waals surface area (Å²) in [6.07, 6.45) is 1.11. The Bertz CT molecular complexity index is 912. The van der Waals surface area contributed by atoms with Crippen molar-refractivity contribution < 1.29 is 13.9 Å². The van der Waals surface area contributed by atoms with Gasteiger partial charge in [0.1, 0.15) is 22.3 Å². The standard InChI is InChI=1S/C18H17FN4O2S/c1-11-16(17(24)21-9-12-5-3-4-6-14(12)25-2)26-18(22-11)23-15-8-7-13(19)10-20-15/h3-8,10H,9H2,1-2H3,(H,21,24)(H,20,22,23). The molecule has 8 heteroatoms. The highest BCUT2D eigenvalue weighted by Crippen LogP contribution is 2.25. The first kappa shape index (κ1) is 17.8. The second-order valence-corrected chi connectivity index (χ2v) is 6.41. The molecule has 2 heterocycles. The molecule has 0 aliphatic heterocycles. The maximum Gasteiger partial charge on any atom is 0.263 e. The summed E-state index contributed by atoms with van der Waals surface area (Å²) < 4.78 is 18.2. The predicted octanol–water partition coefficient (Wildman–Crippen LogP) is 3.67. The van der Waals surface area contributed by atoms with Gasteiger partial charge in [0.05, 0.1) is 19.0 Å². The van der Waals surface area contributed by atoms with Gasteiger partial charge in [-0.25, -0.2) is 14.4 Å². The van der Waals surface area contributed by atoms with E-state index in [0.29, 0.717) is 28.1 Å². The molecule has 0 saturated heterocycles. The van der Waals surface area contributed by atoms with Crippen molar-refractivity contribution in [2.75, 3.05) is 12.4 Å². The number of para-hydroxylation sites is 1. The normalized spacial score (nSPS) is 10.4. The van der Waals surface area contributed by atoms with Crippen LogP contribution in [-0.2, 0) is 6.54 Å². The van der Waals surface area contributed by atoms with Crippen LogP contribution in [0.15, 0.2) is 42.6 Å². The number of aromatic nitrogens is 2. The van der Waals surface area contributed by atoms with E-state index in [4.69, 9.17) is 4.74 Å². The lowest BCUT2D eigenvalue weighted by molar-refractivity contribution is 0.0954. The summed E-state index contributed by atoms with van der Waals surface area (Å²) in [5.74, 6) is 0.549. The molecule has 0 atom stereocenters. The maximum atomic E-state index is 12.9. The molecule has 2 aromatic heterocycles. The fraction of sp³-hybridized carbons (Fsp3) is 0.167. The number of carbonyl (C=O) groups is 1. The number of amides is 1. The Kier molecular flexibility index (Phi) is 5.43. The molecule has 0 aliphatic rings. The molecular weight excluding hydrogens is 355 g/mol. The number of pyridine rings is 1. The number of anilines is 2. The van der Waals surface area contributed by atoms with Gasteiger partial charge in [0.15, 0.2) is 5.13 Å². The summed E-state index contributed by atoms with van der Waals surface area (Å²) in [7, 11) is 1.59. The number of halogens is 1. The number of rotatable bonds is 6. The topological polar surface area (TPSA) is 76.1 Å². The number of ether oxygens (including phenoxy) is 1. The monoisotopic (exact) mass is 372 g/mol. The Hall–Kier alpha value is -3.00. The van der Waals surface area contributed by atoms with Gasteiger partial charge in [-0.15, -0.1) is 0 Å². The highest BCUT2D eigenvalue weighted by molar-refractivity contribution is 7.17. The van der Waals surface area contributed by atoms with E-state index in [1.54, 1.807) is 14.0 Å². The van der Waals surface area contributed by atoms with Crippen molar-refractivity contribution in [3.05, 3.63) is 64.5 Å². The van der Waals surface area contributed by atoms with Crippen molar-refractivity contribution >= 4 is 28.2 Å². The van der Waals surface area contributed by atoms with Crippen molar-refractivity contribution in [2.45, 2.75) is 13.5 Å². The predicted molar refractivity (Wildman–Crippen MR) is 98.5 cm³/mol. The van der Waals surface area contributed by atoms with Crippen LogP contribution >= 0.6 is 11.3 Å². The number of hydrogen-bond acceptors (Lipinski definition) is 6. The number of nitrogens with zero attached hydrogens (tertiary/aromatic N) is 2. The van der Waals surface area contributed by atoms with Crippen molar-refractivity contribution in [1.29, 1.82) is 0 Å². The molecule has 0 radical (unpaired) electrons. The number of hydrogen-bond donors (Lipinski definition) is 2. The minimum absolute atomic E-state index is 0.217. The van der Waals surface area contributed by atoms with E-state index in [1.165, 1.54) is 23.5 Å². The van der Waals surface area contributed by atoms with Gasteiger partial charge in [0.2, 0.25) is 0 Å². The van der Waals surface area contributed by atoms with Gasteiger partial charge >= 0.3 is 0 Å².